The van der Waals surface area contributed by atoms with Crippen LogP contribution < -0.4 is 5.73 Å². The summed E-state index contributed by atoms with van der Waals surface area (Å²) in [6, 6.07) is 0.298. The van der Waals surface area contributed by atoms with E-state index in [1.54, 1.807) is 7.11 Å². The zero-order valence-electron chi connectivity index (χ0n) is 11.6. The predicted molar refractivity (Wildman–Crippen MR) is 76.5 cm³/mol. The predicted octanol–water partition coefficient (Wildman–Crippen LogP) is 1.86. The molecule has 2 N–H and O–H groups in total. The second-order valence-electron chi connectivity index (χ2n) is 5.57. The maximum Gasteiger partial charge on any atom is 0.226 e. The van der Waals surface area contributed by atoms with Crippen LogP contribution in [0.4, 0.5) is 0 Å². The van der Waals surface area contributed by atoms with Gasteiger partial charge in [-0.2, -0.15) is 0 Å². The lowest BCUT2D eigenvalue weighted by molar-refractivity contribution is -0.137. The van der Waals surface area contributed by atoms with E-state index >= 15 is 0 Å². The Morgan fingerprint density at radius 2 is 2.00 bits per heavy atom. The smallest absolute Gasteiger partial charge is 0.226 e. The van der Waals surface area contributed by atoms with Gasteiger partial charge in [-0.1, -0.05) is 25.1 Å². The monoisotopic (exact) mass is 272 g/mol. The average molecular weight is 272 g/mol. The highest BCUT2D eigenvalue weighted by Gasteiger charge is 2.30. The SMILES string of the molecule is COC(C)(C)CC(=O)N(CC(N)=S)C1CCCC1. The molecular formula is C13H24N2O2S. The van der Waals surface area contributed by atoms with Crippen LogP contribution in [0.25, 0.3) is 0 Å². The van der Waals surface area contributed by atoms with Crippen LogP contribution in [0.15, 0.2) is 0 Å². The molecule has 0 saturated heterocycles. The number of nitrogens with two attached hydrogens (primary N) is 1. The van der Waals surface area contributed by atoms with Crippen molar-refractivity contribution in [3.05, 3.63) is 0 Å². The van der Waals surface area contributed by atoms with E-state index in [1.165, 1.54) is 12.8 Å². The molecule has 0 radical (unpaired) electrons. The van der Waals surface area contributed by atoms with Gasteiger partial charge in [0.2, 0.25) is 5.91 Å². The summed E-state index contributed by atoms with van der Waals surface area (Å²) in [5, 5.41) is 0. The molecule has 0 aromatic heterocycles. The van der Waals surface area contributed by atoms with E-state index in [4.69, 9.17) is 22.7 Å². The summed E-state index contributed by atoms with van der Waals surface area (Å²) in [6.07, 6.45) is 4.84. The third-order valence-corrected chi connectivity index (χ3v) is 3.67. The summed E-state index contributed by atoms with van der Waals surface area (Å²) in [6.45, 7) is 4.22. The molecule has 0 aromatic carbocycles. The highest BCUT2D eigenvalue weighted by molar-refractivity contribution is 7.80. The van der Waals surface area contributed by atoms with Crippen molar-refractivity contribution >= 4 is 23.1 Å². The van der Waals surface area contributed by atoms with Gasteiger partial charge in [-0.05, 0) is 26.7 Å². The van der Waals surface area contributed by atoms with Crippen molar-refractivity contribution in [3.8, 4) is 0 Å². The van der Waals surface area contributed by atoms with Crippen molar-refractivity contribution in [1.29, 1.82) is 0 Å². The second kappa shape index (κ2) is 6.48. The first-order chi connectivity index (χ1) is 8.35. The van der Waals surface area contributed by atoms with Gasteiger partial charge in [0.05, 0.1) is 23.6 Å². The Bertz CT molecular complexity index is 312. The highest BCUT2D eigenvalue weighted by Crippen LogP contribution is 2.25. The van der Waals surface area contributed by atoms with Gasteiger partial charge in [-0.25, -0.2) is 0 Å². The van der Waals surface area contributed by atoms with Crippen molar-refractivity contribution in [2.24, 2.45) is 5.73 Å². The minimum absolute atomic E-state index is 0.0848. The molecule has 0 heterocycles. The second-order valence-corrected chi connectivity index (χ2v) is 6.09. The van der Waals surface area contributed by atoms with E-state index in [0.717, 1.165) is 12.8 Å². The first-order valence-corrected chi connectivity index (χ1v) is 6.89. The molecule has 18 heavy (non-hydrogen) atoms. The summed E-state index contributed by atoms with van der Waals surface area (Å²) < 4.78 is 5.31. The zero-order chi connectivity index (χ0) is 13.8. The van der Waals surface area contributed by atoms with Crippen LogP contribution >= 0.6 is 12.2 Å². The fourth-order valence-electron chi connectivity index (χ4n) is 2.34. The van der Waals surface area contributed by atoms with E-state index in [-0.39, 0.29) is 5.91 Å². The van der Waals surface area contributed by atoms with E-state index in [9.17, 15) is 4.79 Å². The van der Waals surface area contributed by atoms with Crippen LogP contribution in [-0.4, -0.2) is 41.1 Å². The average Bonchev–Trinajstić information content (AvgIpc) is 2.78. The number of nitrogens with zero attached hydrogens (tertiary/aromatic N) is 1. The Morgan fingerprint density at radius 1 is 1.44 bits per heavy atom. The van der Waals surface area contributed by atoms with Crippen molar-refractivity contribution in [1.82, 2.24) is 4.90 Å². The number of carbonyl (C=O) groups is 1. The Kier molecular flexibility index (Phi) is 5.53. The molecule has 0 unspecified atom stereocenters. The number of rotatable bonds is 6. The summed E-state index contributed by atoms with van der Waals surface area (Å²) in [7, 11) is 1.63. The fourth-order valence-corrected chi connectivity index (χ4v) is 2.48. The molecular weight excluding hydrogens is 248 g/mol. The normalized spacial score (nSPS) is 16.8. The van der Waals surface area contributed by atoms with Gasteiger partial charge in [0.25, 0.3) is 0 Å². The van der Waals surface area contributed by atoms with Gasteiger partial charge in [-0.15, -0.1) is 0 Å². The molecule has 0 atom stereocenters. The van der Waals surface area contributed by atoms with E-state index < -0.39 is 5.60 Å². The molecule has 0 aromatic rings. The molecule has 1 rings (SSSR count). The molecule has 1 amide bonds. The minimum atomic E-state index is -0.440. The lowest BCUT2D eigenvalue weighted by Crippen LogP contribution is -2.46. The van der Waals surface area contributed by atoms with Gasteiger partial charge in [0, 0.05) is 13.2 Å². The number of hydrogen-bond acceptors (Lipinski definition) is 3. The Hall–Kier alpha value is -0.680. The third-order valence-electron chi connectivity index (χ3n) is 3.54. The van der Waals surface area contributed by atoms with Gasteiger partial charge in [0.1, 0.15) is 0 Å². The van der Waals surface area contributed by atoms with E-state index in [2.05, 4.69) is 0 Å². The fraction of sp³-hybridized carbons (Fsp3) is 0.846. The molecule has 0 spiro atoms. The van der Waals surface area contributed by atoms with Crippen LogP contribution in [0.5, 0.6) is 0 Å². The van der Waals surface area contributed by atoms with E-state index in [0.29, 0.717) is 24.0 Å². The van der Waals surface area contributed by atoms with Crippen molar-refractivity contribution in [2.75, 3.05) is 13.7 Å². The number of thiocarbonyl (C=S) groups is 1. The summed E-state index contributed by atoms with van der Waals surface area (Å²) in [5.74, 6) is 0.0848. The molecule has 1 saturated carbocycles. The van der Waals surface area contributed by atoms with Crippen LogP contribution in [0.2, 0.25) is 0 Å². The maximum absolute atomic E-state index is 12.4. The molecule has 1 aliphatic carbocycles. The van der Waals surface area contributed by atoms with Crippen LogP contribution in [0, 0.1) is 0 Å². The first kappa shape index (κ1) is 15.4. The summed E-state index contributed by atoms with van der Waals surface area (Å²) in [4.78, 5) is 14.6. The molecule has 4 nitrogen and oxygen atoms in total. The molecule has 1 aliphatic rings. The third kappa shape index (κ3) is 4.53. The molecule has 104 valence electrons. The quantitative estimate of drug-likeness (QED) is 0.750. The van der Waals surface area contributed by atoms with E-state index in [1.807, 2.05) is 18.7 Å². The summed E-state index contributed by atoms with van der Waals surface area (Å²) >= 11 is 4.95. The van der Waals surface area contributed by atoms with Crippen LogP contribution in [0.3, 0.4) is 0 Å². The zero-order valence-corrected chi connectivity index (χ0v) is 12.4. The van der Waals surface area contributed by atoms with Gasteiger partial charge < -0.3 is 15.4 Å². The lowest BCUT2D eigenvalue weighted by Gasteiger charge is -2.32. The standard InChI is InChI=1S/C13H24N2O2S/c1-13(2,17-3)8-12(16)15(9-11(14)18)10-6-4-5-7-10/h10H,4-9H2,1-3H3,(H2,14,18). The first-order valence-electron chi connectivity index (χ1n) is 6.48. The number of methoxy groups -OCH3 is 1. The van der Waals surface area contributed by atoms with Crippen LogP contribution in [-0.2, 0) is 9.53 Å². The minimum Gasteiger partial charge on any atom is -0.392 e. The largest absolute Gasteiger partial charge is 0.392 e. The highest BCUT2D eigenvalue weighted by atomic mass is 32.1. The number of ether oxygens (including phenoxy) is 1. The number of carbonyl (C=O) groups excluding carboxylic acids is 1. The molecule has 0 aliphatic heterocycles. The Labute approximate surface area is 115 Å². The van der Waals surface area contributed by atoms with Crippen molar-refractivity contribution in [2.45, 2.75) is 57.6 Å². The van der Waals surface area contributed by atoms with Gasteiger partial charge >= 0.3 is 0 Å². The van der Waals surface area contributed by atoms with Crippen LogP contribution in [0.1, 0.15) is 46.0 Å². The molecule has 0 bridgehead atoms. The summed E-state index contributed by atoms with van der Waals surface area (Å²) in [5.41, 5.74) is 5.16. The van der Waals surface area contributed by atoms with Crippen molar-refractivity contribution < 1.29 is 9.53 Å². The maximum atomic E-state index is 12.4. The Morgan fingerprint density at radius 3 is 2.44 bits per heavy atom. The van der Waals surface area contributed by atoms with Crippen molar-refractivity contribution in [3.63, 3.8) is 0 Å². The molecule has 5 heteroatoms. The van der Waals surface area contributed by atoms with Gasteiger partial charge in [-0.3, -0.25) is 4.79 Å². The number of amides is 1. The number of hydrogen-bond donors (Lipinski definition) is 1. The topological polar surface area (TPSA) is 55.6 Å². The molecule has 1 fully saturated rings. The Balaban J connectivity index is 2.69. The van der Waals surface area contributed by atoms with Gasteiger partial charge in [0.15, 0.2) is 0 Å². The lowest BCUT2D eigenvalue weighted by atomic mass is 10.0.